The first kappa shape index (κ1) is 14.6. The van der Waals surface area contributed by atoms with Crippen LogP contribution in [0.1, 0.15) is 45.4 Å². The molecule has 4 nitrogen and oxygen atoms in total. The summed E-state index contributed by atoms with van der Waals surface area (Å²) in [6.45, 7) is 7.32. The molecule has 0 radical (unpaired) electrons. The molecule has 0 fully saturated rings. The molecule has 20 heavy (non-hydrogen) atoms. The first-order valence-corrected chi connectivity index (χ1v) is 6.73. The zero-order chi connectivity index (χ0) is 15.0. The molecule has 0 amide bonds. The van der Waals surface area contributed by atoms with E-state index in [1.54, 1.807) is 6.07 Å². The van der Waals surface area contributed by atoms with Crippen LogP contribution < -0.4 is 5.63 Å². The van der Waals surface area contributed by atoms with Crippen molar-refractivity contribution in [2.45, 2.75) is 46.1 Å². The van der Waals surface area contributed by atoms with Gasteiger partial charge < -0.3 is 9.15 Å². The van der Waals surface area contributed by atoms with Crippen LogP contribution in [0, 0.1) is 5.41 Å². The van der Waals surface area contributed by atoms with Crippen molar-refractivity contribution in [1.82, 2.24) is 0 Å². The van der Waals surface area contributed by atoms with E-state index in [1.165, 1.54) is 6.07 Å². The fraction of sp³-hybridized carbons (Fsp3) is 0.500. The van der Waals surface area contributed by atoms with Crippen molar-refractivity contribution in [3.05, 3.63) is 40.0 Å². The van der Waals surface area contributed by atoms with Crippen LogP contribution in [0.15, 0.2) is 27.4 Å². The molecular weight excluding hydrogens is 256 g/mol. The van der Waals surface area contributed by atoms with Gasteiger partial charge in [0.25, 0.3) is 0 Å². The minimum atomic E-state index is -0.691. The van der Waals surface area contributed by atoms with Crippen LogP contribution in [0.5, 0.6) is 0 Å². The van der Waals surface area contributed by atoms with Gasteiger partial charge in [0.05, 0.1) is 5.41 Å². The summed E-state index contributed by atoms with van der Waals surface area (Å²) in [5.74, 6) is 0.311. The maximum atomic E-state index is 12.1. The van der Waals surface area contributed by atoms with Crippen molar-refractivity contribution in [3.8, 4) is 0 Å². The lowest BCUT2D eigenvalue weighted by Gasteiger charge is -2.31. The van der Waals surface area contributed by atoms with E-state index in [9.17, 15) is 9.59 Å². The second-order valence-electron chi connectivity index (χ2n) is 6.51. The van der Waals surface area contributed by atoms with Gasteiger partial charge in [-0.1, -0.05) is 12.2 Å². The van der Waals surface area contributed by atoms with Crippen LogP contribution in [-0.2, 0) is 16.0 Å². The molecule has 4 heteroatoms. The van der Waals surface area contributed by atoms with Crippen molar-refractivity contribution in [2.24, 2.45) is 5.41 Å². The van der Waals surface area contributed by atoms with E-state index in [0.29, 0.717) is 18.6 Å². The molecule has 1 aromatic rings. The summed E-state index contributed by atoms with van der Waals surface area (Å²) >= 11 is 0. The highest BCUT2D eigenvalue weighted by atomic mass is 16.6. The highest BCUT2D eigenvalue weighted by Crippen LogP contribution is 2.30. The van der Waals surface area contributed by atoms with E-state index in [1.807, 2.05) is 39.8 Å². The van der Waals surface area contributed by atoms with Crippen LogP contribution >= 0.6 is 0 Å². The standard InChI is InChI=1S/C16H20O4/c1-15(2,3)14(18)20-16(4)9-5-6-11-7-8-13(17)19-12(11)10-16/h5-8H,9-10H2,1-4H3. The summed E-state index contributed by atoms with van der Waals surface area (Å²) in [7, 11) is 0. The van der Waals surface area contributed by atoms with Gasteiger partial charge in [0.1, 0.15) is 11.4 Å². The second kappa shape index (κ2) is 4.93. The number of hydrogen-bond acceptors (Lipinski definition) is 4. The fourth-order valence-corrected chi connectivity index (χ4v) is 2.05. The summed E-state index contributed by atoms with van der Waals surface area (Å²) in [6.07, 6.45) is 4.83. The average molecular weight is 276 g/mol. The predicted molar refractivity (Wildman–Crippen MR) is 76.3 cm³/mol. The Morgan fingerprint density at radius 1 is 1.35 bits per heavy atom. The smallest absolute Gasteiger partial charge is 0.335 e. The fourth-order valence-electron chi connectivity index (χ4n) is 2.05. The molecule has 0 N–H and O–H groups in total. The Kier molecular flexibility index (Phi) is 3.59. The second-order valence-corrected chi connectivity index (χ2v) is 6.51. The van der Waals surface area contributed by atoms with Gasteiger partial charge in [-0.15, -0.1) is 0 Å². The van der Waals surface area contributed by atoms with E-state index >= 15 is 0 Å². The number of ether oxygens (including phenoxy) is 1. The first-order chi connectivity index (χ1) is 9.20. The van der Waals surface area contributed by atoms with E-state index in [2.05, 4.69) is 0 Å². The molecule has 1 atom stereocenters. The molecule has 0 bridgehead atoms. The van der Waals surface area contributed by atoms with Gasteiger partial charge in [0.2, 0.25) is 0 Å². The highest BCUT2D eigenvalue weighted by Gasteiger charge is 2.35. The number of carbonyl (C=O) groups excluding carboxylic acids is 1. The van der Waals surface area contributed by atoms with Gasteiger partial charge in [0.15, 0.2) is 0 Å². The summed E-state index contributed by atoms with van der Waals surface area (Å²) in [4.78, 5) is 23.4. The lowest BCUT2D eigenvalue weighted by atomic mass is 9.93. The average Bonchev–Trinajstić information content (AvgIpc) is 2.45. The predicted octanol–water partition coefficient (Wildman–Crippen LogP) is 2.95. The Bertz CT molecular complexity index is 604. The highest BCUT2D eigenvalue weighted by molar-refractivity contribution is 5.76. The van der Waals surface area contributed by atoms with Crippen molar-refractivity contribution in [1.29, 1.82) is 0 Å². The van der Waals surface area contributed by atoms with Crippen LogP contribution in [0.4, 0.5) is 0 Å². The minimum Gasteiger partial charge on any atom is -0.458 e. The largest absolute Gasteiger partial charge is 0.458 e. The monoisotopic (exact) mass is 276 g/mol. The number of hydrogen-bond donors (Lipinski definition) is 0. The summed E-state index contributed by atoms with van der Waals surface area (Å²) in [5, 5.41) is 0. The Morgan fingerprint density at radius 3 is 2.70 bits per heavy atom. The molecule has 1 aliphatic carbocycles. The number of carbonyl (C=O) groups is 1. The normalized spacial score (nSPS) is 22.0. The van der Waals surface area contributed by atoms with Gasteiger partial charge in [-0.25, -0.2) is 4.79 Å². The van der Waals surface area contributed by atoms with Crippen LogP contribution in [0.3, 0.4) is 0 Å². The molecular formula is C16H20O4. The maximum absolute atomic E-state index is 12.1. The van der Waals surface area contributed by atoms with Crippen molar-refractivity contribution < 1.29 is 13.9 Å². The topological polar surface area (TPSA) is 56.5 Å². The van der Waals surface area contributed by atoms with Crippen molar-refractivity contribution in [2.75, 3.05) is 0 Å². The Balaban J connectivity index is 2.29. The number of rotatable bonds is 1. The summed E-state index contributed by atoms with van der Waals surface area (Å²) in [5.41, 5.74) is -0.772. The van der Waals surface area contributed by atoms with Crippen LogP contribution in [0.2, 0.25) is 0 Å². The maximum Gasteiger partial charge on any atom is 0.335 e. The zero-order valence-electron chi connectivity index (χ0n) is 12.4. The Morgan fingerprint density at radius 2 is 2.05 bits per heavy atom. The Hall–Kier alpha value is -1.84. The third-order valence-electron chi connectivity index (χ3n) is 3.28. The molecule has 108 valence electrons. The molecule has 1 unspecified atom stereocenters. The van der Waals surface area contributed by atoms with E-state index in [4.69, 9.17) is 9.15 Å². The van der Waals surface area contributed by atoms with Gasteiger partial charge in [-0.05, 0) is 33.8 Å². The van der Waals surface area contributed by atoms with Crippen LogP contribution in [-0.4, -0.2) is 11.6 Å². The summed E-state index contributed by atoms with van der Waals surface area (Å²) < 4.78 is 10.9. The lowest BCUT2D eigenvalue weighted by Crippen LogP contribution is -2.38. The van der Waals surface area contributed by atoms with E-state index in [0.717, 1.165) is 5.56 Å². The molecule has 0 saturated heterocycles. The van der Waals surface area contributed by atoms with E-state index in [-0.39, 0.29) is 11.6 Å². The van der Waals surface area contributed by atoms with Gasteiger partial charge in [-0.2, -0.15) is 0 Å². The first-order valence-electron chi connectivity index (χ1n) is 6.73. The SMILES string of the molecule is CC1(OC(=O)C(C)(C)C)CC=Cc2ccc(=O)oc2C1. The van der Waals surface area contributed by atoms with Crippen LogP contribution in [0.25, 0.3) is 6.08 Å². The molecule has 2 rings (SSSR count). The molecule has 0 spiro atoms. The third kappa shape index (κ3) is 3.18. The molecule has 1 aromatic heterocycles. The van der Waals surface area contributed by atoms with Crippen molar-refractivity contribution in [3.63, 3.8) is 0 Å². The number of fused-ring (bicyclic) bond motifs is 1. The van der Waals surface area contributed by atoms with Crippen molar-refractivity contribution >= 4 is 12.0 Å². The van der Waals surface area contributed by atoms with Gasteiger partial charge >= 0.3 is 11.6 Å². The zero-order valence-corrected chi connectivity index (χ0v) is 12.4. The van der Waals surface area contributed by atoms with Gasteiger partial charge in [-0.3, -0.25) is 4.79 Å². The molecule has 0 aliphatic heterocycles. The Labute approximate surface area is 118 Å². The van der Waals surface area contributed by atoms with E-state index < -0.39 is 11.0 Å². The summed E-state index contributed by atoms with van der Waals surface area (Å²) in [6, 6.07) is 3.13. The lowest BCUT2D eigenvalue weighted by molar-refractivity contribution is -0.167. The molecule has 0 saturated carbocycles. The quantitative estimate of drug-likeness (QED) is 0.740. The van der Waals surface area contributed by atoms with Gasteiger partial charge in [0, 0.05) is 24.5 Å². The minimum absolute atomic E-state index is 0.255. The molecule has 1 aliphatic rings. The number of esters is 1. The molecule has 1 heterocycles. The molecule has 0 aromatic carbocycles. The third-order valence-corrected chi connectivity index (χ3v) is 3.28.